The summed E-state index contributed by atoms with van der Waals surface area (Å²) in [5, 5.41) is 8.69. The summed E-state index contributed by atoms with van der Waals surface area (Å²) in [5.41, 5.74) is 1.08. The molecule has 3 aliphatic heterocycles. The molecule has 4 heterocycles. The molecule has 0 bridgehead atoms. The number of piperidine rings is 1. The number of carbonyl (C=O) groups is 2. The highest BCUT2D eigenvalue weighted by Gasteiger charge is 2.42. The fourth-order valence-electron chi connectivity index (χ4n) is 6.66. The molecule has 9 nitrogen and oxygen atoms in total. The molecule has 0 spiro atoms. The number of thiophene rings is 1. The predicted octanol–water partition coefficient (Wildman–Crippen LogP) is 4.27. The lowest BCUT2D eigenvalue weighted by atomic mass is 9.88. The van der Waals surface area contributed by atoms with Crippen LogP contribution in [0.2, 0.25) is 0 Å². The Hall–Kier alpha value is -2.95. The molecule has 240 valence electrons. The van der Waals surface area contributed by atoms with Crippen molar-refractivity contribution >= 4 is 29.2 Å². The monoisotopic (exact) mass is 622 g/mol. The standard InChI is InChI=1S/C34H50N6O3S/c1-23(2)36-29(20-26-13-15-38(16-14-26)24(3)4)33(42)40-18-17-39(22-30(40)32(41)35-21-28-12-9-19-44-28)34-37-25(5)31(43-34)27-10-7-6-8-11-27/h6-12,19,23-26,29-31,36H,13-18,20-22H2,1-5H3,(H,35,41)/t25-,29+,30-,31+/m0/s1. The van der Waals surface area contributed by atoms with E-state index in [1.807, 2.05) is 45.5 Å². The number of piperazine rings is 1. The second kappa shape index (κ2) is 14.9. The third-order valence-electron chi connectivity index (χ3n) is 9.15. The van der Waals surface area contributed by atoms with Gasteiger partial charge >= 0.3 is 0 Å². The van der Waals surface area contributed by atoms with Gasteiger partial charge in [0.2, 0.25) is 11.8 Å². The van der Waals surface area contributed by atoms with Crippen molar-refractivity contribution in [2.45, 2.75) is 96.7 Å². The topological polar surface area (TPSA) is 89.5 Å². The normalized spacial score (nSPS) is 24.0. The summed E-state index contributed by atoms with van der Waals surface area (Å²) >= 11 is 1.61. The molecular weight excluding hydrogens is 572 g/mol. The number of carbonyl (C=O) groups excluding carboxylic acids is 2. The molecule has 0 unspecified atom stereocenters. The van der Waals surface area contributed by atoms with Gasteiger partial charge in [0.25, 0.3) is 6.02 Å². The molecule has 4 atom stereocenters. The number of ether oxygens (including phenoxy) is 1. The van der Waals surface area contributed by atoms with Crippen LogP contribution < -0.4 is 10.6 Å². The van der Waals surface area contributed by atoms with E-state index in [4.69, 9.17) is 9.73 Å². The molecule has 44 heavy (non-hydrogen) atoms. The van der Waals surface area contributed by atoms with E-state index in [0.29, 0.717) is 44.2 Å². The van der Waals surface area contributed by atoms with Crippen molar-refractivity contribution in [2.75, 3.05) is 32.7 Å². The van der Waals surface area contributed by atoms with E-state index >= 15 is 0 Å². The number of likely N-dealkylation sites (tertiary alicyclic amines) is 1. The van der Waals surface area contributed by atoms with E-state index < -0.39 is 6.04 Å². The van der Waals surface area contributed by atoms with E-state index in [2.05, 4.69) is 62.3 Å². The maximum atomic E-state index is 14.3. The van der Waals surface area contributed by atoms with Crippen molar-refractivity contribution in [3.63, 3.8) is 0 Å². The summed E-state index contributed by atoms with van der Waals surface area (Å²) in [6, 6.07) is 14.4. The molecule has 3 aliphatic rings. The van der Waals surface area contributed by atoms with E-state index in [1.165, 1.54) is 0 Å². The van der Waals surface area contributed by atoms with Crippen LogP contribution in [0, 0.1) is 5.92 Å². The minimum absolute atomic E-state index is 0.0192. The fraction of sp³-hybridized carbons (Fsp3) is 0.618. The van der Waals surface area contributed by atoms with Crippen LogP contribution in [0.15, 0.2) is 52.8 Å². The molecule has 0 aliphatic carbocycles. The third-order valence-corrected chi connectivity index (χ3v) is 10.0. The fourth-order valence-corrected chi connectivity index (χ4v) is 7.31. The zero-order valence-corrected chi connectivity index (χ0v) is 27.8. The minimum Gasteiger partial charge on any atom is -0.455 e. The van der Waals surface area contributed by atoms with Crippen LogP contribution in [-0.2, 0) is 20.9 Å². The zero-order valence-electron chi connectivity index (χ0n) is 26.9. The maximum Gasteiger partial charge on any atom is 0.288 e. The molecule has 5 rings (SSSR count). The van der Waals surface area contributed by atoms with Gasteiger partial charge in [-0.25, -0.2) is 4.99 Å². The number of amidine groups is 1. The summed E-state index contributed by atoms with van der Waals surface area (Å²) in [7, 11) is 0. The molecule has 1 aromatic carbocycles. The molecule has 0 saturated carbocycles. The average molecular weight is 623 g/mol. The molecule has 2 aromatic rings. The van der Waals surface area contributed by atoms with Gasteiger partial charge in [-0.2, -0.15) is 0 Å². The number of amides is 2. The summed E-state index contributed by atoms with van der Waals surface area (Å²) < 4.78 is 6.39. The Morgan fingerprint density at radius 3 is 2.43 bits per heavy atom. The highest BCUT2D eigenvalue weighted by Crippen LogP contribution is 2.31. The number of rotatable bonds is 10. The molecule has 1 aromatic heterocycles. The van der Waals surface area contributed by atoms with E-state index in [0.717, 1.165) is 42.8 Å². The van der Waals surface area contributed by atoms with Crippen LogP contribution in [0.25, 0.3) is 0 Å². The first-order valence-electron chi connectivity index (χ1n) is 16.3. The number of hydrogen-bond acceptors (Lipinski definition) is 8. The number of aliphatic imine (C=N–C) groups is 1. The van der Waals surface area contributed by atoms with Gasteiger partial charge in [0.1, 0.15) is 12.1 Å². The maximum absolute atomic E-state index is 14.3. The third kappa shape index (κ3) is 8.00. The van der Waals surface area contributed by atoms with Gasteiger partial charge in [-0.1, -0.05) is 50.2 Å². The van der Waals surface area contributed by atoms with E-state index in [9.17, 15) is 9.59 Å². The molecule has 2 saturated heterocycles. The van der Waals surface area contributed by atoms with Crippen LogP contribution >= 0.6 is 11.3 Å². The molecule has 2 amide bonds. The van der Waals surface area contributed by atoms with Gasteiger partial charge in [0.05, 0.1) is 25.2 Å². The van der Waals surface area contributed by atoms with Crippen molar-refractivity contribution in [2.24, 2.45) is 10.9 Å². The quantitative estimate of drug-likeness (QED) is 0.412. The summed E-state index contributed by atoms with van der Waals surface area (Å²) in [4.78, 5) is 40.5. The highest BCUT2D eigenvalue weighted by molar-refractivity contribution is 7.09. The lowest BCUT2D eigenvalue weighted by Crippen LogP contribution is -2.64. The number of benzene rings is 1. The van der Waals surface area contributed by atoms with Crippen LogP contribution in [0.5, 0.6) is 0 Å². The van der Waals surface area contributed by atoms with Gasteiger partial charge in [0.15, 0.2) is 0 Å². The summed E-state index contributed by atoms with van der Waals surface area (Å²) in [5.74, 6) is 0.359. The number of nitrogens with zero attached hydrogens (tertiary/aromatic N) is 4. The van der Waals surface area contributed by atoms with Gasteiger partial charge in [0, 0.05) is 30.1 Å². The smallest absolute Gasteiger partial charge is 0.288 e. The zero-order chi connectivity index (χ0) is 31.2. The van der Waals surface area contributed by atoms with Crippen LogP contribution in [-0.4, -0.2) is 95.5 Å². The van der Waals surface area contributed by atoms with E-state index in [1.54, 1.807) is 11.3 Å². The van der Waals surface area contributed by atoms with Crippen molar-refractivity contribution in [1.29, 1.82) is 0 Å². The van der Waals surface area contributed by atoms with Gasteiger partial charge in [-0.05, 0) is 76.1 Å². The van der Waals surface area contributed by atoms with E-state index in [-0.39, 0.29) is 36.0 Å². The Kier molecular flexibility index (Phi) is 11.0. The second-order valence-corrected chi connectivity index (χ2v) is 14.1. The minimum atomic E-state index is -0.646. The van der Waals surface area contributed by atoms with Gasteiger partial charge in [-0.15, -0.1) is 11.3 Å². The largest absolute Gasteiger partial charge is 0.455 e. The Balaban J connectivity index is 1.31. The molecular formula is C34H50N6O3S. The SMILES string of the molecule is CC(C)N[C@H](CC1CCN(C(C)C)CC1)C(=O)N1CCN(C2=N[C@@H](C)[C@H](c3ccccc3)O2)C[C@H]1C(=O)NCc1cccs1. The second-order valence-electron chi connectivity index (χ2n) is 13.1. The van der Waals surface area contributed by atoms with Gasteiger partial charge < -0.3 is 30.1 Å². The molecule has 10 heteroatoms. The Bertz CT molecular complexity index is 1240. The summed E-state index contributed by atoms with van der Waals surface area (Å²) in [6.07, 6.45) is 2.81. The summed E-state index contributed by atoms with van der Waals surface area (Å²) in [6.45, 7) is 14.7. The lowest BCUT2D eigenvalue weighted by Gasteiger charge is -2.43. The van der Waals surface area contributed by atoms with Crippen LogP contribution in [0.3, 0.4) is 0 Å². The Morgan fingerprint density at radius 2 is 1.77 bits per heavy atom. The molecule has 2 N–H and O–H groups in total. The number of hydrogen-bond donors (Lipinski definition) is 2. The average Bonchev–Trinajstić information content (AvgIpc) is 3.69. The first kappa shape index (κ1) is 32.4. The van der Waals surface area contributed by atoms with Crippen molar-refractivity contribution < 1.29 is 14.3 Å². The van der Waals surface area contributed by atoms with Crippen molar-refractivity contribution in [1.82, 2.24) is 25.3 Å². The van der Waals surface area contributed by atoms with Crippen molar-refractivity contribution in [3.05, 3.63) is 58.3 Å². The first-order chi connectivity index (χ1) is 21.2. The number of nitrogens with one attached hydrogen (secondary N) is 2. The predicted molar refractivity (Wildman–Crippen MR) is 177 cm³/mol. The Labute approximate surface area is 267 Å². The molecule has 0 radical (unpaired) electrons. The van der Waals surface area contributed by atoms with Crippen molar-refractivity contribution in [3.8, 4) is 0 Å². The van der Waals surface area contributed by atoms with Gasteiger partial charge in [-0.3, -0.25) is 9.59 Å². The lowest BCUT2D eigenvalue weighted by molar-refractivity contribution is -0.145. The molecule has 2 fully saturated rings. The Morgan fingerprint density at radius 1 is 1.02 bits per heavy atom. The van der Waals surface area contributed by atoms with Crippen LogP contribution in [0.1, 0.15) is 70.4 Å². The van der Waals surface area contributed by atoms with Crippen LogP contribution in [0.4, 0.5) is 0 Å². The first-order valence-corrected chi connectivity index (χ1v) is 17.2. The highest BCUT2D eigenvalue weighted by atomic mass is 32.1.